The molecule has 2 unspecified atom stereocenters. The molecule has 0 spiro atoms. The number of fused-ring (bicyclic) bond motifs is 3. The van der Waals surface area contributed by atoms with E-state index in [9.17, 15) is 14.0 Å². The lowest BCUT2D eigenvalue weighted by atomic mass is 9.82. The highest BCUT2D eigenvalue weighted by Crippen LogP contribution is 2.49. The van der Waals surface area contributed by atoms with Crippen LogP contribution in [-0.4, -0.2) is 41.7 Å². The van der Waals surface area contributed by atoms with Gasteiger partial charge in [-0.3, -0.25) is 4.79 Å². The Morgan fingerprint density at radius 3 is 2.74 bits per heavy atom. The quantitative estimate of drug-likeness (QED) is 0.517. The molecule has 166 valence electrons. The molecule has 1 aliphatic carbocycles. The first-order valence-electron chi connectivity index (χ1n) is 11.8. The minimum atomic E-state index is -0.590. The number of pyridine rings is 1. The molecular weight excluding hydrogens is 395 g/mol. The van der Waals surface area contributed by atoms with Gasteiger partial charge >= 0.3 is 5.97 Å². The number of benzene rings is 1. The summed E-state index contributed by atoms with van der Waals surface area (Å²) in [6.45, 7) is 5.68. The van der Waals surface area contributed by atoms with E-state index in [4.69, 9.17) is 4.74 Å². The van der Waals surface area contributed by atoms with E-state index in [1.54, 1.807) is 12.3 Å². The SMILES string of the molecule is CC1CCN(CCCOC(=O)c2cn3c4c(cc(F)cc4c2=O)C2CCCCC23)CC1. The Bertz CT molecular complexity index is 1050. The van der Waals surface area contributed by atoms with Crippen LogP contribution in [0.25, 0.3) is 10.9 Å². The van der Waals surface area contributed by atoms with Crippen LogP contribution in [0.1, 0.15) is 79.8 Å². The second-order valence-electron chi connectivity index (χ2n) is 9.64. The molecule has 1 saturated carbocycles. The predicted octanol–water partition coefficient (Wildman–Crippen LogP) is 4.63. The van der Waals surface area contributed by atoms with E-state index in [0.29, 0.717) is 12.0 Å². The van der Waals surface area contributed by atoms with Crippen LogP contribution >= 0.6 is 0 Å². The molecule has 0 amide bonds. The fourth-order valence-corrected chi connectivity index (χ4v) is 5.80. The maximum Gasteiger partial charge on any atom is 0.343 e. The normalized spacial score (nSPS) is 23.8. The van der Waals surface area contributed by atoms with Crippen molar-refractivity contribution in [3.63, 3.8) is 0 Å². The molecule has 0 bridgehead atoms. The number of hydrogen-bond acceptors (Lipinski definition) is 4. The Kier molecular flexibility index (Phi) is 5.59. The molecular formula is C25H31FN2O3. The molecule has 1 aromatic carbocycles. The van der Waals surface area contributed by atoms with Gasteiger partial charge in [0, 0.05) is 30.1 Å². The largest absolute Gasteiger partial charge is 0.462 e. The van der Waals surface area contributed by atoms with Crippen LogP contribution in [0.3, 0.4) is 0 Å². The summed E-state index contributed by atoms with van der Waals surface area (Å²) in [7, 11) is 0. The minimum absolute atomic E-state index is 0.0297. The zero-order valence-electron chi connectivity index (χ0n) is 18.2. The van der Waals surface area contributed by atoms with Gasteiger partial charge in [-0.2, -0.15) is 0 Å². The Hall–Kier alpha value is -2.21. The summed E-state index contributed by atoms with van der Waals surface area (Å²) >= 11 is 0. The fraction of sp³-hybridized carbons (Fsp3) is 0.600. The summed E-state index contributed by atoms with van der Waals surface area (Å²) in [5.74, 6) is 0.0255. The van der Waals surface area contributed by atoms with Gasteiger partial charge in [0.25, 0.3) is 0 Å². The van der Waals surface area contributed by atoms with E-state index in [1.165, 1.54) is 18.9 Å². The van der Waals surface area contributed by atoms with E-state index < -0.39 is 17.2 Å². The maximum atomic E-state index is 14.4. The highest BCUT2D eigenvalue weighted by Gasteiger charge is 2.37. The van der Waals surface area contributed by atoms with Crippen molar-refractivity contribution >= 4 is 16.9 Å². The molecule has 31 heavy (non-hydrogen) atoms. The number of esters is 1. The average Bonchev–Trinajstić information content (AvgIpc) is 3.08. The first kappa shape index (κ1) is 20.7. The summed E-state index contributed by atoms with van der Waals surface area (Å²) in [4.78, 5) is 28.3. The second-order valence-corrected chi connectivity index (χ2v) is 9.64. The lowest BCUT2D eigenvalue weighted by molar-refractivity contribution is 0.0480. The summed E-state index contributed by atoms with van der Waals surface area (Å²) < 4.78 is 21.9. The second kappa shape index (κ2) is 8.38. The number of ether oxygens (including phenoxy) is 1. The number of piperidine rings is 1. The highest BCUT2D eigenvalue weighted by atomic mass is 19.1. The molecule has 2 atom stereocenters. The van der Waals surface area contributed by atoms with Crippen molar-refractivity contribution in [3.8, 4) is 0 Å². The summed E-state index contributed by atoms with van der Waals surface area (Å²) in [5.41, 5.74) is 1.34. The van der Waals surface area contributed by atoms with Gasteiger partial charge in [-0.05, 0) is 68.8 Å². The molecule has 5 rings (SSSR count). The summed E-state index contributed by atoms with van der Waals surface area (Å²) in [6, 6.07) is 3.05. The number of aromatic nitrogens is 1. The van der Waals surface area contributed by atoms with Gasteiger partial charge in [0.2, 0.25) is 5.43 Å². The first-order chi connectivity index (χ1) is 15.0. The lowest BCUT2D eigenvalue weighted by Crippen LogP contribution is -2.34. The van der Waals surface area contributed by atoms with E-state index >= 15 is 0 Å². The Morgan fingerprint density at radius 2 is 1.94 bits per heavy atom. The van der Waals surface area contributed by atoms with Gasteiger partial charge < -0.3 is 14.2 Å². The number of nitrogens with zero attached hydrogens (tertiary/aromatic N) is 2. The van der Waals surface area contributed by atoms with Crippen molar-refractivity contribution in [2.75, 3.05) is 26.2 Å². The monoisotopic (exact) mass is 426 g/mol. The van der Waals surface area contributed by atoms with Crippen LogP contribution in [0, 0.1) is 11.7 Å². The summed E-state index contributed by atoms with van der Waals surface area (Å²) in [6.07, 6.45) is 9.08. The number of hydrogen-bond donors (Lipinski definition) is 0. The van der Waals surface area contributed by atoms with Crippen molar-refractivity contribution in [1.82, 2.24) is 9.47 Å². The predicted molar refractivity (Wildman–Crippen MR) is 118 cm³/mol. The minimum Gasteiger partial charge on any atom is -0.462 e. The maximum absolute atomic E-state index is 14.4. The van der Waals surface area contributed by atoms with Crippen molar-refractivity contribution in [2.24, 2.45) is 5.92 Å². The van der Waals surface area contributed by atoms with Gasteiger partial charge in [-0.1, -0.05) is 19.8 Å². The zero-order chi connectivity index (χ0) is 21.5. The van der Waals surface area contributed by atoms with Gasteiger partial charge in [-0.25, -0.2) is 9.18 Å². The number of carbonyl (C=O) groups is 1. The molecule has 0 radical (unpaired) electrons. The average molecular weight is 427 g/mol. The molecule has 2 aliphatic heterocycles. The van der Waals surface area contributed by atoms with Gasteiger partial charge in [-0.15, -0.1) is 0 Å². The Morgan fingerprint density at radius 1 is 1.16 bits per heavy atom. The van der Waals surface area contributed by atoms with Crippen molar-refractivity contribution in [2.45, 2.75) is 63.8 Å². The number of rotatable bonds is 5. The molecule has 2 fully saturated rings. The van der Waals surface area contributed by atoms with E-state index in [-0.39, 0.29) is 17.5 Å². The molecule has 5 nitrogen and oxygen atoms in total. The topological polar surface area (TPSA) is 51.5 Å². The Balaban J connectivity index is 1.34. The van der Waals surface area contributed by atoms with Gasteiger partial charge in [0.1, 0.15) is 11.4 Å². The fourth-order valence-electron chi connectivity index (χ4n) is 5.80. The number of carbonyl (C=O) groups excluding carboxylic acids is 1. The molecule has 6 heteroatoms. The first-order valence-corrected chi connectivity index (χ1v) is 11.8. The van der Waals surface area contributed by atoms with Gasteiger partial charge in [0.05, 0.1) is 12.1 Å². The van der Waals surface area contributed by atoms with Crippen molar-refractivity contribution in [3.05, 3.63) is 45.5 Å². The molecule has 3 aliphatic rings. The van der Waals surface area contributed by atoms with Crippen LogP contribution < -0.4 is 5.43 Å². The number of halogens is 1. The van der Waals surface area contributed by atoms with E-state index in [1.807, 2.05) is 0 Å². The van der Waals surface area contributed by atoms with Crippen LogP contribution in [0.4, 0.5) is 4.39 Å². The molecule has 1 aromatic heterocycles. The van der Waals surface area contributed by atoms with Crippen molar-refractivity contribution in [1.29, 1.82) is 0 Å². The third-order valence-corrected chi connectivity index (χ3v) is 7.55. The van der Waals surface area contributed by atoms with Crippen LogP contribution in [0.2, 0.25) is 0 Å². The van der Waals surface area contributed by atoms with Crippen LogP contribution in [-0.2, 0) is 4.74 Å². The summed E-state index contributed by atoms with van der Waals surface area (Å²) in [5, 5.41) is 0.307. The Labute approximate surface area is 182 Å². The number of likely N-dealkylation sites (tertiary alicyclic amines) is 1. The van der Waals surface area contributed by atoms with Crippen LogP contribution in [0.5, 0.6) is 0 Å². The smallest absolute Gasteiger partial charge is 0.343 e. The van der Waals surface area contributed by atoms with Crippen LogP contribution in [0.15, 0.2) is 23.1 Å². The molecule has 0 N–H and O–H groups in total. The third-order valence-electron chi connectivity index (χ3n) is 7.55. The standard InChI is InChI=1S/C25H31FN2O3/c1-16-7-10-27(11-8-16)9-4-12-31-25(30)21-15-28-22-6-3-2-5-18(22)19-13-17(26)14-20(23(19)28)24(21)29/h13-16,18,22H,2-12H2,1H3. The molecule has 1 saturated heterocycles. The highest BCUT2D eigenvalue weighted by molar-refractivity contribution is 5.95. The lowest BCUT2D eigenvalue weighted by Gasteiger charge is -2.29. The van der Waals surface area contributed by atoms with Crippen molar-refractivity contribution < 1.29 is 13.9 Å². The third kappa shape index (κ3) is 3.79. The molecule has 2 aromatic rings. The zero-order valence-corrected chi connectivity index (χ0v) is 18.2. The van der Waals surface area contributed by atoms with Gasteiger partial charge in [0.15, 0.2) is 0 Å². The molecule has 3 heterocycles. The van der Waals surface area contributed by atoms with E-state index in [0.717, 1.165) is 68.7 Å². The van der Waals surface area contributed by atoms with E-state index in [2.05, 4.69) is 16.4 Å².